The van der Waals surface area contributed by atoms with Crippen molar-refractivity contribution in [3.63, 3.8) is 0 Å². The van der Waals surface area contributed by atoms with E-state index < -0.39 is 0 Å². The van der Waals surface area contributed by atoms with Gasteiger partial charge in [0.2, 0.25) is 5.91 Å². The highest BCUT2D eigenvalue weighted by Gasteiger charge is 2.22. The van der Waals surface area contributed by atoms with E-state index in [-0.39, 0.29) is 11.7 Å². The number of thiazole rings is 1. The highest BCUT2D eigenvalue weighted by molar-refractivity contribution is 7.22. The molecule has 0 unspecified atom stereocenters. The molecule has 0 aliphatic carbocycles. The summed E-state index contributed by atoms with van der Waals surface area (Å²) in [5.74, 6) is -0.301. The van der Waals surface area contributed by atoms with Crippen LogP contribution in [0.4, 0.5) is 15.2 Å². The van der Waals surface area contributed by atoms with Crippen LogP contribution >= 0.6 is 11.3 Å². The average Bonchev–Trinajstić information content (AvgIpc) is 3.10. The summed E-state index contributed by atoms with van der Waals surface area (Å²) in [4.78, 5) is 19.7. The minimum absolute atomic E-state index is 0.0293. The number of hydrogen-bond donors (Lipinski definition) is 0. The maximum Gasteiger partial charge on any atom is 0.233 e. The van der Waals surface area contributed by atoms with Gasteiger partial charge in [0.05, 0.1) is 15.9 Å². The first-order valence-corrected chi connectivity index (χ1v) is 10.3. The summed E-state index contributed by atoms with van der Waals surface area (Å²) in [6.07, 6.45) is 0.861. The molecular weight excluding hydrogens is 383 g/mol. The van der Waals surface area contributed by atoms with Crippen LogP contribution in [-0.4, -0.2) is 10.9 Å². The van der Waals surface area contributed by atoms with Gasteiger partial charge in [0.25, 0.3) is 0 Å². The summed E-state index contributed by atoms with van der Waals surface area (Å²) in [7, 11) is 0. The van der Waals surface area contributed by atoms with E-state index in [2.05, 4.69) is 6.07 Å². The molecule has 0 spiro atoms. The third-order valence-corrected chi connectivity index (χ3v) is 5.75. The largest absolute Gasteiger partial charge is 0.274 e. The van der Waals surface area contributed by atoms with Crippen molar-refractivity contribution in [1.29, 1.82) is 0 Å². The highest BCUT2D eigenvalue weighted by Crippen LogP contribution is 2.35. The van der Waals surface area contributed by atoms with Crippen molar-refractivity contribution in [2.75, 3.05) is 4.90 Å². The van der Waals surface area contributed by atoms with Gasteiger partial charge in [-0.1, -0.05) is 41.7 Å². The van der Waals surface area contributed by atoms with E-state index >= 15 is 0 Å². The summed E-state index contributed by atoms with van der Waals surface area (Å²) in [5, 5.41) is 0.667. The zero-order chi connectivity index (χ0) is 20.4. The van der Waals surface area contributed by atoms with E-state index in [4.69, 9.17) is 4.98 Å². The third-order valence-electron chi connectivity index (χ3n) is 4.73. The number of carbonyl (C=O) groups excluding carboxylic acids is 1. The van der Waals surface area contributed by atoms with Gasteiger partial charge < -0.3 is 0 Å². The fourth-order valence-corrected chi connectivity index (χ4v) is 4.41. The molecule has 0 bridgehead atoms. The van der Waals surface area contributed by atoms with Gasteiger partial charge >= 0.3 is 0 Å². The lowest BCUT2D eigenvalue weighted by molar-refractivity contribution is -0.117. The molecule has 146 valence electrons. The fourth-order valence-electron chi connectivity index (χ4n) is 3.41. The van der Waals surface area contributed by atoms with Crippen LogP contribution in [0.25, 0.3) is 10.2 Å². The van der Waals surface area contributed by atoms with Crippen LogP contribution in [-0.2, 0) is 11.2 Å². The number of benzene rings is 3. The maximum atomic E-state index is 13.3. The van der Waals surface area contributed by atoms with Crippen LogP contribution in [0.2, 0.25) is 0 Å². The molecule has 1 heterocycles. The Hall–Kier alpha value is -3.05. The predicted octanol–water partition coefficient (Wildman–Crippen LogP) is 6.35. The molecule has 29 heavy (non-hydrogen) atoms. The van der Waals surface area contributed by atoms with Crippen LogP contribution in [0.1, 0.15) is 23.1 Å². The number of anilines is 2. The molecule has 0 aliphatic rings. The van der Waals surface area contributed by atoms with Gasteiger partial charge in [0.1, 0.15) is 5.82 Å². The Kier molecular flexibility index (Phi) is 5.41. The molecule has 0 fully saturated rings. The number of hydrogen-bond acceptors (Lipinski definition) is 3. The number of aromatic nitrogens is 1. The lowest BCUT2D eigenvalue weighted by Gasteiger charge is -2.21. The van der Waals surface area contributed by atoms with Crippen molar-refractivity contribution in [1.82, 2.24) is 4.98 Å². The second-order valence-corrected chi connectivity index (χ2v) is 8.17. The Morgan fingerprint density at radius 3 is 2.38 bits per heavy atom. The predicted molar refractivity (Wildman–Crippen MR) is 117 cm³/mol. The standard InChI is InChI=1S/C24H21FN2OS/c1-16-13-17(2)15-20(14-16)27(24-26-21-5-3-4-6-22(21)29-24)23(28)12-9-18-7-10-19(25)11-8-18/h3-8,10-11,13-15H,9,12H2,1-2H3. The molecule has 0 N–H and O–H groups in total. The van der Waals surface area contributed by atoms with Gasteiger partial charge in [-0.25, -0.2) is 9.37 Å². The van der Waals surface area contributed by atoms with E-state index in [9.17, 15) is 9.18 Å². The zero-order valence-corrected chi connectivity index (χ0v) is 17.2. The number of amides is 1. The van der Waals surface area contributed by atoms with Gasteiger partial charge in [-0.2, -0.15) is 0 Å². The van der Waals surface area contributed by atoms with Crippen molar-refractivity contribution < 1.29 is 9.18 Å². The molecule has 4 rings (SSSR count). The van der Waals surface area contributed by atoms with E-state index in [1.54, 1.807) is 17.0 Å². The third kappa shape index (κ3) is 4.35. The monoisotopic (exact) mass is 404 g/mol. The molecule has 1 aromatic heterocycles. The number of rotatable bonds is 5. The summed E-state index contributed by atoms with van der Waals surface area (Å²) in [5.41, 5.74) is 4.83. The minimum Gasteiger partial charge on any atom is -0.274 e. The van der Waals surface area contributed by atoms with Crippen LogP contribution in [0.3, 0.4) is 0 Å². The Morgan fingerprint density at radius 1 is 1.00 bits per heavy atom. The van der Waals surface area contributed by atoms with Gasteiger partial charge in [-0.15, -0.1) is 0 Å². The molecule has 4 aromatic rings. The van der Waals surface area contributed by atoms with Gasteiger partial charge in [-0.3, -0.25) is 9.69 Å². The molecule has 0 atom stereocenters. The van der Waals surface area contributed by atoms with Crippen molar-refractivity contribution in [3.05, 3.63) is 89.2 Å². The maximum absolute atomic E-state index is 13.3. The van der Waals surface area contributed by atoms with E-state index in [0.717, 1.165) is 32.6 Å². The lowest BCUT2D eigenvalue weighted by atomic mass is 10.1. The molecule has 3 aromatic carbocycles. The number of aryl methyl sites for hydroxylation is 3. The van der Waals surface area contributed by atoms with E-state index in [1.807, 2.05) is 50.2 Å². The van der Waals surface area contributed by atoms with Crippen molar-refractivity contribution >= 4 is 38.3 Å². The van der Waals surface area contributed by atoms with Crippen LogP contribution < -0.4 is 4.90 Å². The van der Waals surface area contributed by atoms with Crippen LogP contribution in [0.15, 0.2) is 66.7 Å². The van der Waals surface area contributed by atoms with E-state index in [0.29, 0.717) is 18.0 Å². The smallest absolute Gasteiger partial charge is 0.233 e. The topological polar surface area (TPSA) is 33.2 Å². The molecular formula is C24H21FN2OS. The molecule has 0 aliphatic heterocycles. The second kappa shape index (κ2) is 8.13. The van der Waals surface area contributed by atoms with Gasteiger partial charge in [-0.05, 0) is 73.4 Å². The Labute approximate surface area is 173 Å². The molecule has 0 saturated heterocycles. The molecule has 0 saturated carbocycles. The first kappa shape index (κ1) is 19.3. The number of nitrogens with zero attached hydrogens (tertiary/aromatic N) is 2. The quantitative estimate of drug-likeness (QED) is 0.388. The summed E-state index contributed by atoms with van der Waals surface area (Å²) >= 11 is 1.51. The second-order valence-electron chi connectivity index (χ2n) is 7.17. The SMILES string of the molecule is Cc1cc(C)cc(N(C(=O)CCc2ccc(F)cc2)c2nc3ccccc3s2)c1. The minimum atomic E-state index is -0.272. The summed E-state index contributed by atoms with van der Waals surface area (Å²) in [6, 6.07) is 20.3. The first-order valence-electron chi connectivity index (χ1n) is 9.51. The number of fused-ring (bicyclic) bond motifs is 1. The Balaban J connectivity index is 1.68. The zero-order valence-electron chi connectivity index (χ0n) is 16.4. The lowest BCUT2D eigenvalue weighted by Crippen LogP contribution is -2.26. The Morgan fingerprint density at radius 2 is 1.69 bits per heavy atom. The molecule has 3 nitrogen and oxygen atoms in total. The molecule has 1 amide bonds. The van der Waals surface area contributed by atoms with Gasteiger partial charge in [0.15, 0.2) is 5.13 Å². The van der Waals surface area contributed by atoms with Crippen LogP contribution in [0.5, 0.6) is 0 Å². The summed E-state index contributed by atoms with van der Waals surface area (Å²) < 4.78 is 14.2. The average molecular weight is 405 g/mol. The fraction of sp³-hybridized carbons (Fsp3) is 0.167. The summed E-state index contributed by atoms with van der Waals surface area (Å²) in [6.45, 7) is 4.05. The van der Waals surface area contributed by atoms with Gasteiger partial charge in [0, 0.05) is 6.42 Å². The number of para-hydroxylation sites is 1. The van der Waals surface area contributed by atoms with E-state index in [1.165, 1.54) is 23.5 Å². The van der Waals surface area contributed by atoms with Crippen molar-refractivity contribution in [2.24, 2.45) is 0 Å². The molecule has 0 radical (unpaired) electrons. The van der Waals surface area contributed by atoms with Crippen LogP contribution in [0, 0.1) is 19.7 Å². The normalized spacial score (nSPS) is 11.0. The Bertz CT molecular complexity index is 1110. The van der Waals surface area contributed by atoms with Crippen molar-refractivity contribution in [3.8, 4) is 0 Å². The highest BCUT2D eigenvalue weighted by atomic mass is 32.1. The first-order chi connectivity index (χ1) is 14.0. The molecule has 5 heteroatoms. The number of carbonyl (C=O) groups is 1. The number of halogens is 1. The van der Waals surface area contributed by atoms with Crippen molar-refractivity contribution in [2.45, 2.75) is 26.7 Å².